The smallest absolute Gasteiger partial charge is 0.347 e. The van der Waals surface area contributed by atoms with Gasteiger partial charge in [-0.15, -0.1) is 0 Å². The van der Waals surface area contributed by atoms with Gasteiger partial charge >= 0.3 is 5.63 Å². The molecule has 0 bridgehead atoms. The summed E-state index contributed by atoms with van der Waals surface area (Å²) in [5.41, 5.74) is -1.03. The zero-order valence-corrected chi connectivity index (χ0v) is 13.3. The number of aryl methyl sites for hydroxylation is 1. The molecule has 2 aromatic rings. The summed E-state index contributed by atoms with van der Waals surface area (Å²) in [6, 6.07) is 1.11. The Bertz CT molecular complexity index is 927. The maximum absolute atomic E-state index is 12.4. The molecule has 0 saturated heterocycles. The van der Waals surface area contributed by atoms with E-state index >= 15 is 0 Å². The van der Waals surface area contributed by atoms with E-state index in [0.717, 1.165) is 6.07 Å². The number of carbonyl (C=O) groups excluding carboxylic acids is 2. The lowest BCUT2D eigenvalue weighted by molar-refractivity contribution is -0.269. The molecule has 1 aromatic heterocycles. The van der Waals surface area contributed by atoms with E-state index in [1.807, 2.05) is 0 Å². The van der Waals surface area contributed by atoms with Crippen LogP contribution in [0.2, 0.25) is 0 Å². The number of fused-ring (bicyclic) bond motifs is 3. The van der Waals surface area contributed by atoms with Crippen LogP contribution in [0, 0.1) is 0 Å². The Morgan fingerprint density at radius 3 is 2.72 bits per heavy atom. The number of hydrogen-bond acceptors (Lipinski definition) is 8. The lowest BCUT2D eigenvalue weighted by Crippen LogP contribution is -2.25. The van der Waals surface area contributed by atoms with Crippen LogP contribution in [0.3, 0.4) is 0 Å². The van der Waals surface area contributed by atoms with Gasteiger partial charge in [0.2, 0.25) is 0 Å². The Balaban J connectivity index is 2.46. The summed E-state index contributed by atoms with van der Waals surface area (Å²) in [5, 5.41) is 31.7. The molecule has 0 fully saturated rings. The quantitative estimate of drug-likeness (QED) is 0.552. The number of ether oxygens (including phenoxy) is 1. The fourth-order valence-electron chi connectivity index (χ4n) is 3.25. The number of Topliss-reactive ketones (excluding diaryl/α,β-unsaturated/α-hetero) is 1. The third-order valence-electron chi connectivity index (χ3n) is 4.43. The average molecular weight is 347 g/mol. The Labute approximate surface area is 141 Å². The van der Waals surface area contributed by atoms with E-state index < -0.39 is 30.0 Å². The molecule has 0 saturated carbocycles. The molecular formula is C17H15O8-. The molecule has 25 heavy (non-hydrogen) atoms. The van der Waals surface area contributed by atoms with E-state index in [2.05, 4.69) is 0 Å². The van der Waals surface area contributed by atoms with Crippen molar-refractivity contribution in [3.05, 3.63) is 33.2 Å². The van der Waals surface area contributed by atoms with Crippen molar-refractivity contribution in [3.63, 3.8) is 0 Å². The number of aliphatic hydroxyl groups is 2. The Hall–Kier alpha value is -2.71. The van der Waals surface area contributed by atoms with Crippen LogP contribution in [0.5, 0.6) is 11.5 Å². The van der Waals surface area contributed by atoms with Crippen molar-refractivity contribution in [2.45, 2.75) is 24.9 Å². The molecule has 0 aliphatic heterocycles. The van der Waals surface area contributed by atoms with Crippen LogP contribution in [0.1, 0.15) is 33.8 Å². The van der Waals surface area contributed by atoms with Gasteiger partial charge in [0.1, 0.15) is 23.2 Å². The molecule has 0 radical (unpaired) electrons. The zero-order valence-electron chi connectivity index (χ0n) is 13.3. The van der Waals surface area contributed by atoms with Crippen molar-refractivity contribution in [2.75, 3.05) is 13.7 Å². The van der Waals surface area contributed by atoms with Crippen LogP contribution in [0.4, 0.5) is 0 Å². The third kappa shape index (κ3) is 2.50. The largest absolute Gasteiger partial charge is 0.872 e. The molecular weight excluding hydrogens is 332 g/mol. The number of ketones is 1. The van der Waals surface area contributed by atoms with Crippen LogP contribution in [0.25, 0.3) is 11.0 Å². The van der Waals surface area contributed by atoms with Crippen molar-refractivity contribution < 1.29 is 34.1 Å². The minimum atomic E-state index is -1.54. The molecule has 2 atom stereocenters. The molecule has 2 unspecified atom stereocenters. The van der Waals surface area contributed by atoms with E-state index in [1.54, 1.807) is 0 Å². The molecule has 1 heterocycles. The van der Waals surface area contributed by atoms with Crippen LogP contribution in [-0.4, -0.2) is 42.1 Å². The van der Waals surface area contributed by atoms with Crippen LogP contribution in [-0.2, 0) is 11.2 Å². The minimum Gasteiger partial charge on any atom is -0.872 e. The first kappa shape index (κ1) is 17.1. The normalized spacial score (nSPS) is 15.9. The molecule has 3 rings (SSSR count). The van der Waals surface area contributed by atoms with E-state index in [9.17, 15) is 24.6 Å². The van der Waals surface area contributed by atoms with Crippen LogP contribution < -0.4 is 15.5 Å². The summed E-state index contributed by atoms with van der Waals surface area (Å²) in [5.74, 6) is -2.31. The van der Waals surface area contributed by atoms with Crippen molar-refractivity contribution in [1.82, 2.24) is 0 Å². The second-order valence-corrected chi connectivity index (χ2v) is 5.77. The molecule has 1 aliphatic carbocycles. The summed E-state index contributed by atoms with van der Waals surface area (Å²) in [4.78, 5) is 35.6. The van der Waals surface area contributed by atoms with Gasteiger partial charge < -0.3 is 29.3 Å². The number of benzene rings is 1. The lowest BCUT2D eigenvalue weighted by atomic mass is 9.90. The van der Waals surface area contributed by atoms with Gasteiger partial charge in [-0.25, -0.2) is 4.79 Å². The Kier molecular flexibility index (Phi) is 4.32. The first-order valence-electron chi connectivity index (χ1n) is 7.59. The van der Waals surface area contributed by atoms with E-state index in [-0.39, 0.29) is 46.5 Å². The lowest BCUT2D eigenvalue weighted by Gasteiger charge is -2.24. The maximum Gasteiger partial charge on any atom is 0.347 e. The predicted octanol–water partition coefficient (Wildman–Crippen LogP) is -0.360. The van der Waals surface area contributed by atoms with E-state index in [4.69, 9.17) is 14.3 Å². The summed E-state index contributed by atoms with van der Waals surface area (Å²) >= 11 is 0. The number of methoxy groups -OCH3 is 1. The van der Waals surface area contributed by atoms with Gasteiger partial charge in [0.15, 0.2) is 5.78 Å². The summed E-state index contributed by atoms with van der Waals surface area (Å²) < 4.78 is 10.4. The van der Waals surface area contributed by atoms with Crippen molar-refractivity contribution in [2.24, 2.45) is 0 Å². The monoisotopic (exact) mass is 347 g/mol. The second-order valence-electron chi connectivity index (χ2n) is 5.77. The number of aliphatic hydroxyl groups excluding tert-OH is 2. The highest BCUT2D eigenvalue weighted by Crippen LogP contribution is 2.42. The molecule has 0 spiro atoms. The van der Waals surface area contributed by atoms with E-state index in [1.165, 1.54) is 7.11 Å². The molecule has 8 nitrogen and oxygen atoms in total. The predicted molar refractivity (Wildman–Crippen MR) is 83.0 cm³/mol. The van der Waals surface area contributed by atoms with E-state index in [0.29, 0.717) is 11.8 Å². The fraction of sp³-hybridized carbons (Fsp3) is 0.353. The van der Waals surface area contributed by atoms with Gasteiger partial charge in [0, 0.05) is 12.0 Å². The SMILES string of the molecule is COc1cc([O-])c(C(C=O)C(O)CO)c2oc(=O)c3c(c12)CCC3=O. The zero-order chi connectivity index (χ0) is 18.3. The molecule has 0 amide bonds. The average Bonchev–Trinajstić information content (AvgIpc) is 2.99. The fourth-order valence-corrected chi connectivity index (χ4v) is 3.25. The van der Waals surface area contributed by atoms with Crippen LogP contribution >= 0.6 is 0 Å². The Morgan fingerprint density at radius 2 is 2.12 bits per heavy atom. The Morgan fingerprint density at radius 1 is 1.40 bits per heavy atom. The van der Waals surface area contributed by atoms with Crippen molar-refractivity contribution in [1.29, 1.82) is 0 Å². The summed E-state index contributed by atoms with van der Waals surface area (Å²) in [7, 11) is 1.32. The number of rotatable bonds is 5. The van der Waals surface area contributed by atoms with Gasteiger partial charge in [-0.3, -0.25) is 4.79 Å². The highest BCUT2D eigenvalue weighted by Gasteiger charge is 2.32. The van der Waals surface area contributed by atoms with Crippen molar-refractivity contribution >= 4 is 23.0 Å². The standard InChI is InChI=1S/C17H16O8/c1-24-12-4-10(21)13(8(5-18)11(22)6-19)16-15(12)7-2-3-9(20)14(7)17(23)25-16/h4-5,8,11,19,21-22H,2-3,6H2,1H3/p-1. The highest BCUT2D eigenvalue weighted by atomic mass is 16.5. The number of carbonyl (C=O) groups is 2. The number of aldehydes is 1. The molecule has 2 N–H and O–H groups in total. The maximum atomic E-state index is 12.4. The van der Waals surface area contributed by atoms with Crippen molar-refractivity contribution in [3.8, 4) is 11.5 Å². The van der Waals surface area contributed by atoms with Gasteiger partial charge in [0.05, 0.1) is 31.1 Å². The molecule has 1 aliphatic rings. The first-order valence-corrected chi connectivity index (χ1v) is 7.59. The van der Waals surface area contributed by atoms with Gasteiger partial charge in [0.25, 0.3) is 0 Å². The molecule has 8 heteroatoms. The minimum absolute atomic E-state index is 0.0826. The first-order chi connectivity index (χ1) is 11.9. The van der Waals surface area contributed by atoms with Crippen LogP contribution in [0.15, 0.2) is 15.3 Å². The molecule has 132 valence electrons. The third-order valence-corrected chi connectivity index (χ3v) is 4.43. The summed E-state index contributed by atoms with van der Waals surface area (Å²) in [6.45, 7) is -0.760. The topological polar surface area (TPSA) is 137 Å². The molecule has 1 aromatic carbocycles. The van der Waals surface area contributed by atoms with Gasteiger partial charge in [-0.05, 0) is 18.1 Å². The second kappa shape index (κ2) is 6.30. The highest BCUT2D eigenvalue weighted by molar-refractivity contribution is 6.06. The van der Waals surface area contributed by atoms with Gasteiger partial charge in [-0.1, -0.05) is 5.75 Å². The summed E-state index contributed by atoms with van der Waals surface area (Å²) in [6.07, 6.45) is -0.824. The van der Waals surface area contributed by atoms with Gasteiger partial charge in [-0.2, -0.15) is 0 Å². The number of hydrogen-bond donors (Lipinski definition) is 2.